The number of nitrogens with zero attached hydrogens (tertiary/aromatic N) is 1. The Labute approximate surface area is 177 Å². The van der Waals surface area contributed by atoms with E-state index in [4.69, 9.17) is 14.2 Å². The zero-order valence-corrected chi connectivity index (χ0v) is 18.3. The fraction of sp³-hybridized carbons (Fsp3) is 0.409. The van der Waals surface area contributed by atoms with Crippen molar-refractivity contribution in [1.29, 1.82) is 0 Å². The zero-order valence-electron chi connectivity index (χ0n) is 17.5. The highest BCUT2D eigenvalue weighted by Crippen LogP contribution is 2.30. The first-order valence-electron chi connectivity index (χ1n) is 9.82. The summed E-state index contributed by atoms with van der Waals surface area (Å²) in [7, 11) is -0.0454. The molecule has 30 heavy (non-hydrogen) atoms. The van der Waals surface area contributed by atoms with Gasteiger partial charge in [0.05, 0.1) is 32.3 Å². The average molecular weight is 434 g/mol. The average Bonchev–Trinajstić information content (AvgIpc) is 3.11. The summed E-state index contributed by atoms with van der Waals surface area (Å²) in [6.07, 6.45) is 0.423. The highest BCUT2D eigenvalue weighted by molar-refractivity contribution is 7.91. The standard InChI is InChI=1S/C22H27NO6S/c1-4-29-19-7-5-6-17(13-19)22(24)23(18-10-11-30(25,26)15-18)14-16-8-9-20(27-2)21(12-16)28-3/h5-9,12-13,18H,4,10-11,14-15H2,1-3H3/t18-/m1/s1. The van der Waals surface area contributed by atoms with Crippen molar-refractivity contribution in [2.45, 2.75) is 25.9 Å². The van der Waals surface area contributed by atoms with Gasteiger partial charge in [0.2, 0.25) is 0 Å². The molecule has 2 aromatic rings. The van der Waals surface area contributed by atoms with Crippen LogP contribution in [-0.4, -0.2) is 57.6 Å². The van der Waals surface area contributed by atoms with Crippen molar-refractivity contribution in [3.63, 3.8) is 0 Å². The topological polar surface area (TPSA) is 82.1 Å². The SMILES string of the molecule is CCOc1cccc(C(=O)N(Cc2ccc(OC)c(OC)c2)[C@@H]2CCS(=O)(=O)C2)c1. The maximum absolute atomic E-state index is 13.4. The molecule has 3 rings (SSSR count). The van der Waals surface area contributed by atoms with Gasteiger partial charge in [-0.15, -0.1) is 0 Å². The summed E-state index contributed by atoms with van der Waals surface area (Å²) in [6.45, 7) is 2.63. The maximum atomic E-state index is 13.4. The first-order valence-corrected chi connectivity index (χ1v) is 11.6. The Morgan fingerprint density at radius 3 is 2.50 bits per heavy atom. The van der Waals surface area contributed by atoms with Gasteiger partial charge in [0, 0.05) is 18.2 Å². The van der Waals surface area contributed by atoms with Crippen molar-refractivity contribution >= 4 is 15.7 Å². The Bertz CT molecular complexity index is 1000. The third-order valence-corrected chi connectivity index (χ3v) is 6.85. The van der Waals surface area contributed by atoms with Crippen LogP contribution in [0.15, 0.2) is 42.5 Å². The minimum atomic E-state index is -3.15. The lowest BCUT2D eigenvalue weighted by molar-refractivity contribution is 0.0680. The highest BCUT2D eigenvalue weighted by Gasteiger charge is 2.35. The normalized spacial score (nSPS) is 17.4. The minimum absolute atomic E-state index is 0.0306. The number of rotatable bonds is 8. The summed E-state index contributed by atoms with van der Waals surface area (Å²) in [5, 5.41) is 0. The van der Waals surface area contributed by atoms with E-state index in [0.717, 1.165) is 5.56 Å². The third kappa shape index (κ3) is 5.05. The molecule has 0 aliphatic carbocycles. The lowest BCUT2D eigenvalue weighted by Gasteiger charge is -2.29. The smallest absolute Gasteiger partial charge is 0.254 e. The van der Waals surface area contributed by atoms with Crippen molar-refractivity contribution in [3.8, 4) is 17.2 Å². The Balaban J connectivity index is 1.93. The van der Waals surface area contributed by atoms with Gasteiger partial charge in [0.15, 0.2) is 21.3 Å². The molecule has 7 nitrogen and oxygen atoms in total. The van der Waals surface area contributed by atoms with E-state index in [1.807, 2.05) is 13.0 Å². The van der Waals surface area contributed by atoms with Gasteiger partial charge >= 0.3 is 0 Å². The van der Waals surface area contributed by atoms with Gasteiger partial charge in [0.25, 0.3) is 5.91 Å². The molecule has 1 amide bonds. The van der Waals surface area contributed by atoms with E-state index in [2.05, 4.69) is 0 Å². The summed E-state index contributed by atoms with van der Waals surface area (Å²) >= 11 is 0. The number of hydrogen-bond acceptors (Lipinski definition) is 6. The van der Waals surface area contributed by atoms with Gasteiger partial charge in [-0.1, -0.05) is 12.1 Å². The van der Waals surface area contributed by atoms with Gasteiger partial charge < -0.3 is 19.1 Å². The molecule has 1 fully saturated rings. The summed E-state index contributed by atoms with van der Waals surface area (Å²) in [4.78, 5) is 15.0. The van der Waals surface area contributed by atoms with Crippen LogP contribution in [0.4, 0.5) is 0 Å². The Morgan fingerprint density at radius 1 is 1.10 bits per heavy atom. The molecule has 2 aromatic carbocycles. The van der Waals surface area contributed by atoms with Crippen molar-refractivity contribution < 1.29 is 27.4 Å². The monoisotopic (exact) mass is 433 g/mol. The Morgan fingerprint density at radius 2 is 1.87 bits per heavy atom. The molecule has 1 atom stereocenters. The number of sulfone groups is 1. The predicted octanol–water partition coefficient (Wildman–Crippen LogP) is 2.93. The fourth-order valence-corrected chi connectivity index (χ4v) is 5.35. The van der Waals surface area contributed by atoms with Crippen molar-refractivity contribution in [2.24, 2.45) is 0 Å². The van der Waals surface area contributed by atoms with Crippen LogP contribution in [0.1, 0.15) is 29.3 Å². The molecule has 0 aromatic heterocycles. The molecule has 0 unspecified atom stereocenters. The number of amides is 1. The molecule has 0 N–H and O–H groups in total. The molecule has 1 aliphatic rings. The molecule has 1 saturated heterocycles. The van der Waals surface area contributed by atoms with Gasteiger partial charge in [-0.05, 0) is 49.2 Å². The van der Waals surface area contributed by atoms with Crippen LogP contribution in [0.3, 0.4) is 0 Å². The van der Waals surface area contributed by atoms with E-state index in [0.29, 0.717) is 35.8 Å². The van der Waals surface area contributed by atoms with Crippen molar-refractivity contribution in [1.82, 2.24) is 4.90 Å². The van der Waals surface area contributed by atoms with Crippen LogP contribution >= 0.6 is 0 Å². The van der Waals surface area contributed by atoms with Crippen LogP contribution in [-0.2, 0) is 16.4 Å². The number of hydrogen-bond donors (Lipinski definition) is 0. The fourth-order valence-electron chi connectivity index (χ4n) is 3.62. The molecular weight excluding hydrogens is 406 g/mol. The first kappa shape index (κ1) is 22.0. The van der Waals surface area contributed by atoms with Crippen LogP contribution < -0.4 is 14.2 Å². The van der Waals surface area contributed by atoms with Gasteiger partial charge in [0.1, 0.15) is 5.75 Å². The van der Waals surface area contributed by atoms with E-state index >= 15 is 0 Å². The molecule has 8 heteroatoms. The molecule has 0 spiro atoms. The Hall–Kier alpha value is -2.74. The second kappa shape index (κ2) is 9.38. The molecule has 0 radical (unpaired) electrons. The van der Waals surface area contributed by atoms with Gasteiger partial charge in [-0.2, -0.15) is 0 Å². The van der Waals surface area contributed by atoms with Crippen LogP contribution in [0.5, 0.6) is 17.2 Å². The molecule has 0 bridgehead atoms. The first-order chi connectivity index (χ1) is 14.4. The van der Waals surface area contributed by atoms with E-state index in [-0.39, 0.29) is 30.0 Å². The van der Waals surface area contributed by atoms with E-state index in [9.17, 15) is 13.2 Å². The van der Waals surface area contributed by atoms with Gasteiger partial charge in [-0.25, -0.2) is 8.42 Å². The number of carbonyl (C=O) groups excluding carboxylic acids is 1. The highest BCUT2D eigenvalue weighted by atomic mass is 32.2. The third-order valence-electron chi connectivity index (χ3n) is 5.10. The number of ether oxygens (including phenoxy) is 3. The summed E-state index contributed by atoms with van der Waals surface area (Å²) in [6, 6.07) is 12.0. The number of carbonyl (C=O) groups is 1. The van der Waals surface area contributed by atoms with E-state index < -0.39 is 9.84 Å². The second-order valence-electron chi connectivity index (χ2n) is 7.14. The van der Waals surface area contributed by atoms with E-state index in [1.54, 1.807) is 55.5 Å². The number of benzene rings is 2. The predicted molar refractivity (Wildman–Crippen MR) is 114 cm³/mol. The summed E-state index contributed by atoms with van der Waals surface area (Å²) in [5.74, 6) is 1.58. The van der Waals surface area contributed by atoms with Crippen LogP contribution in [0, 0.1) is 0 Å². The minimum Gasteiger partial charge on any atom is -0.494 e. The molecule has 1 aliphatic heterocycles. The maximum Gasteiger partial charge on any atom is 0.254 e. The van der Waals surface area contributed by atoms with Crippen LogP contribution in [0.25, 0.3) is 0 Å². The quantitative estimate of drug-likeness (QED) is 0.637. The zero-order chi connectivity index (χ0) is 21.7. The molecule has 0 saturated carbocycles. The number of methoxy groups -OCH3 is 2. The lowest BCUT2D eigenvalue weighted by atomic mass is 10.1. The largest absolute Gasteiger partial charge is 0.494 e. The summed E-state index contributed by atoms with van der Waals surface area (Å²) in [5.41, 5.74) is 1.29. The molecule has 1 heterocycles. The second-order valence-corrected chi connectivity index (χ2v) is 9.37. The van der Waals surface area contributed by atoms with E-state index in [1.165, 1.54) is 0 Å². The lowest BCUT2D eigenvalue weighted by Crippen LogP contribution is -2.40. The van der Waals surface area contributed by atoms with Crippen molar-refractivity contribution in [2.75, 3.05) is 32.3 Å². The van der Waals surface area contributed by atoms with Gasteiger partial charge in [-0.3, -0.25) is 4.79 Å². The molecular formula is C22H27NO6S. The van der Waals surface area contributed by atoms with Crippen LogP contribution in [0.2, 0.25) is 0 Å². The Kier molecular flexibility index (Phi) is 6.87. The summed E-state index contributed by atoms with van der Waals surface area (Å²) < 4.78 is 40.3. The molecule has 162 valence electrons. The van der Waals surface area contributed by atoms with Crippen molar-refractivity contribution in [3.05, 3.63) is 53.6 Å².